The van der Waals surface area contributed by atoms with Crippen molar-refractivity contribution in [1.29, 1.82) is 0 Å². The first-order valence-corrected chi connectivity index (χ1v) is 7.73. The molecule has 2 rings (SSSR count). The van der Waals surface area contributed by atoms with E-state index in [1.807, 2.05) is 0 Å². The molecule has 0 radical (unpaired) electrons. The van der Waals surface area contributed by atoms with Crippen LogP contribution in [-0.2, 0) is 4.79 Å². The molecular formula is C15H27N3O3. The van der Waals surface area contributed by atoms with E-state index >= 15 is 0 Å². The third-order valence-corrected chi connectivity index (χ3v) is 4.86. The zero-order valence-electron chi connectivity index (χ0n) is 13.3. The lowest BCUT2D eigenvalue weighted by atomic mass is 9.75. The summed E-state index contributed by atoms with van der Waals surface area (Å²) >= 11 is 0. The Morgan fingerprint density at radius 1 is 1.19 bits per heavy atom. The molecule has 6 nitrogen and oxygen atoms in total. The first kappa shape index (κ1) is 16.1. The average Bonchev–Trinajstić information content (AvgIpc) is 3.14. The van der Waals surface area contributed by atoms with Crippen LogP contribution in [0.1, 0.15) is 32.1 Å². The number of carboxylic acid groups (broad SMARTS) is 1. The van der Waals surface area contributed by atoms with Gasteiger partial charge in [0.25, 0.3) is 0 Å². The van der Waals surface area contributed by atoms with Gasteiger partial charge in [-0.05, 0) is 52.1 Å². The quantitative estimate of drug-likeness (QED) is 0.770. The highest BCUT2D eigenvalue weighted by atomic mass is 16.4. The summed E-state index contributed by atoms with van der Waals surface area (Å²) in [4.78, 5) is 28.9. The normalized spacial score (nSPS) is 20.0. The van der Waals surface area contributed by atoms with Crippen LogP contribution >= 0.6 is 0 Å². The van der Waals surface area contributed by atoms with Crippen molar-refractivity contribution in [1.82, 2.24) is 14.7 Å². The van der Waals surface area contributed by atoms with Gasteiger partial charge in [0.2, 0.25) is 0 Å². The smallest absolute Gasteiger partial charge is 0.323 e. The summed E-state index contributed by atoms with van der Waals surface area (Å²) in [6.45, 7) is 1.04. The number of carbonyl (C=O) groups excluding carboxylic acids is 1. The summed E-state index contributed by atoms with van der Waals surface area (Å²) in [7, 11) is 5.89. The SMILES string of the molecule is CN(CC1(N(C)C)CCC1)C(=O)N(CC(=O)O)CC1CC1. The van der Waals surface area contributed by atoms with Crippen LogP contribution in [0, 0.1) is 5.92 Å². The summed E-state index contributed by atoms with van der Waals surface area (Å²) in [6.07, 6.45) is 5.60. The summed E-state index contributed by atoms with van der Waals surface area (Å²) in [5.41, 5.74) is 0.0683. The molecule has 2 fully saturated rings. The van der Waals surface area contributed by atoms with Crippen LogP contribution in [0.25, 0.3) is 0 Å². The molecule has 2 aliphatic rings. The van der Waals surface area contributed by atoms with Gasteiger partial charge in [-0.25, -0.2) is 4.79 Å². The fourth-order valence-corrected chi connectivity index (χ4v) is 3.07. The molecule has 21 heavy (non-hydrogen) atoms. The van der Waals surface area contributed by atoms with Crippen molar-refractivity contribution < 1.29 is 14.7 Å². The Kier molecular flexibility index (Phi) is 4.76. The molecule has 0 unspecified atom stereocenters. The van der Waals surface area contributed by atoms with E-state index < -0.39 is 5.97 Å². The predicted octanol–water partition coefficient (Wildman–Crippen LogP) is 1.32. The number of urea groups is 1. The van der Waals surface area contributed by atoms with E-state index in [2.05, 4.69) is 19.0 Å². The number of rotatable bonds is 7. The van der Waals surface area contributed by atoms with Gasteiger partial charge in [-0.1, -0.05) is 0 Å². The molecule has 0 saturated heterocycles. The summed E-state index contributed by atoms with van der Waals surface area (Å²) in [5, 5.41) is 9.01. The highest BCUT2D eigenvalue weighted by molar-refractivity contribution is 5.80. The highest BCUT2D eigenvalue weighted by Gasteiger charge is 2.41. The molecule has 2 amide bonds. The van der Waals surface area contributed by atoms with Crippen molar-refractivity contribution in [2.24, 2.45) is 5.92 Å². The lowest BCUT2D eigenvalue weighted by Gasteiger charge is -2.49. The topological polar surface area (TPSA) is 64.1 Å². The molecular weight excluding hydrogens is 270 g/mol. The minimum atomic E-state index is -0.941. The van der Waals surface area contributed by atoms with Gasteiger partial charge in [-0.2, -0.15) is 0 Å². The molecule has 0 aromatic carbocycles. The standard InChI is InChI=1S/C15H27N3O3/c1-16(2)15(7-4-8-15)11-17(3)14(21)18(10-13(19)20)9-12-5-6-12/h12H,4-11H2,1-3H3,(H,19,20). The molecule has 0 aliphatic heterocycles. The molecule has 1 N–H and O–H groups in total. The van der Waals surface area contributed by atoms with Gasteiger partial charge in [-0.3, -0.25) is 4.79 Å². The minimum absolute atomic E-state index is 0.0683. The van der Waals surface area contributed by atoms with E-state index in [1.54, 1.807) is 11.9 Å². The number of nitrogens with zero attached hydrogens (tertiary/aromatic N) is 3. The molecule has 2 saturated carbocycles. The number of likely N-dealkylation sites (N-methyl/N-ethyl adjacent to an activating group) is 2. The van der Waals surface area contributed by atoms with Gasteiger partial charge < -0.3 is 19.8 Å². The molecule has 120 valence electrons. The Morgan fingerprint density at radius 2 is 1.81 bits per heavy atom. The van der Waals surface area contributed by atoms with E-state index in [0.717, 1.165) is 25.7 Å². The number of carbonyl (C=O) groups is 2. The second-order valence-corrected chi connectivity index (χ2v) is 6.83. The first-order valence-electron chi connectivity index (χ1n) is 7.73. The van der Waals surface area contributed by atoms with Gasteiger partial charge >= 0.3 is 12.0 Å². The number of amides is 2. The average molecular weight is 297 g/mol. The van der Waals surface area contributed by atoms with Crippen LogP contribution in [0.2, 0.25) is 0 Å². The monoisotopic (exact) mass is 297 g/mol. The zero-order valence-corrected chi connectivity index (χ0v) is 13.3. The molecule has 0 atom stereocenters. The number of hydrogen-bond acceptors (Lipinski definition) is 3. The Bertz CT molecular complexity index is 403. The van der Waals surface area contributed by atoms with Crippen molar-refractivity contribution in [3.05, 3.63) is 0 Å². The summed E-state index contributed by atoms with van der Waals surface area (Å²) < 4.78 is 0. The van der Waals surface area contributed by atoms with Gasteiger partial charge in [0.15, 0.2) is 0 Å². The number of aliphatic carboxylic acids is 1. The first-order chi connectivity index (χ1) is 9.84. The van der Waals surface area contributed by atoms with Crippen molar-refractivity contribution in [2.75, 3.05) is 40.8 Å². The largest absolute Gasteiger partial charge is 0.480 e. The van der Waals surface area contributed by atoms with Gasteiger partial charge in [0.1, 0.15) is 6.54 Å². The van der Waals surface area contributed by atoms with Gasteiger partial charge in [0.05, 0.1) is 0 Å². The lowest BCUT2D eigenvalue weighted by Crippen LogP contribution is -2.59. The van der Waals surface area contributed by atoms with E-state index in [-0.39, 0.29) is 18.1 Å². The van der Waals surface area contributed by atoms with E-state index in [0.29, 0.717) is 19.0 Å². The van der Waals surface area contributed by atoms with Crippen molar-refractivity contribution in [2.45, 2.75) is 37.6 Å². The summed E-state index contributed by atoms with van der Waals surface area (Å²) in [5.74, 6) is -0.448. The third-order valence-electron chi connectivity index (χ3n) is 4.86. The Balaban J connectivity index is 1.96. The second-order valence-electron chi connectivity index (χ2n) is 6.83. The van der Waals surface area contributed by atoms with E-state index in [4.69, 9.17) is 5.11 Å². The van der Waals surface area contributed by atoms with Crippen LogP contribution in [0.3, 0.4) is 0 Å². The molecule has 6 heteroatoms. The van der Waals surface area contributed by atoms with Crippen molar-refractivity contribution >= 4 is 12.0 Å². The molecule has 2 aliphatic carbocycles. The molecule has 0 bridgehead atoms. The highest BCUT2D eigenvalue weighted by Crippen LogP contribution is 2.37. The molecule has 0 aromatic heterocycles. The zero-order chi connectivity index (χ0) is 15.6. The fraction of sp³-hybridized carbons (Fsp3) is 0.867. The minimum Gasteiger partial charge on any atom is -0.480 e. The Labute approximate surface area is 126 Å². The van der Waals surface area contributed by atoms with E-state index in [9.17, 15) is 9.59 Å². The molecule has 0 aromatic rings. The molecule has 0 spiro atoms. The van der Waals surface area contributed by atoms with Crippen LogP contribution < -0.4 is 0 Å². The van der Waals surface area contributed by atoms with Crippen LogP contribution in [0.15, 0.2) is 0 Å². The van der Waals surface area contributed by atoms with Crippen molar-refractivity contribution in [3.8, 4) is 0 Å². The van der Waals surface area contributed by atoms with E-state index in [1.165, 1.54) is 11.3 Å². The van der Waals surface area contributed by atoms with Gasteiger partial charge in [-0.15, -0.1) is 0 Å². The fourth-order valence-electron chi connectivity index (χ4n) is 3.07. The third kappa shape index (κ3) is 3.87. The maximum atomic E-state index is 12.6. The lowest BCUT2D eigenvalue weighted by molar-refractivity contribution is -0.137. The maximum absolute atomic E-state index is 12.6. The van der Waals surface area contributed by atoms with Crippen LogP contribution in [-0.4, -0.2) is 78.1 Å². The Morgan fingerprint density at radius 3 is 2.19 bits per heavy atom. The predicted molar refractivity (Wildman–Crippen MR) is 80.2 cm³/mol. The molecule has 0 heterocycles. The van der Waals surface area contributed by atoms with Gasteiger partial charge in [0, 0.05) is 25.7 Å². The maximum Gasteiger partial charge on any atom is 0.323 e. The summed E-state index contributed by atoms with van der Waals surface area (Å²) in [6, 6.07) is -0.155. The second kappa shape index (κ2) is 6.22. The Hall–Kier alpha value is -1.30. The van der Waals surface area contributed by atoms with Crippen LogP contribution in [0.4, 0.5) is 4.79 Å². The van der Waals surface area contributed by atoms with Crippen LogP contribution in [0.5, 0.6) is 0 Å². The number of carboxylic acids is 1. The van der Waals surface area contributed by atoms with Crippen molar-refractivity contribution in [3.63, 3.8) is 0 Å². The number of hydrogen-bond donors (Lipinski definition) is 1.